The van der Waals surface area contributed by atoms with Crippen LogP contribution in [0.4, 0.5) is 5.69 Å². The molecule has 3 N–H and O–H groups in total. The summed E-state index contributed by atoms with van der Waals surface area (Å²) >= 11 is 0. The normalized spacial score (nSPS) is 13.0. The predicted molar refractivity (Wildman–Crippen MR) is 52.9 cm³/mol. The van der Waals surface area contributed by atoms with Crippen molar-refractivity contribution >= 4 is 5.69 Å². The molecule has 0 aromatic heterocycles. The molecule has 0 fully saturated rings. The third-order valence-corrected chi connectivity index (χ3v) is 1.83. The van der Waals surface area contributed by atoms with Crippen LogP contribution in [0.5, 0.6) is 0 Å². The second-order valence-corrected chi connectivity index (χ2v) is 3.28. The summed E-state index contributed by atoms with van der Waals surface area (Å²) in [5, 5.41) is 3.22. The third kappa shape index (κ3) is 2.55. The molecule has 0 saturated carbocycles. The Bertz CT molecular complexity index is 219. The topological polar surface area (TPSA) is 38.0 Å². The number of nitrogens with one attached hydrogen (secondary N) is 1. The van der Waals surface area contributed by atoms with E-state index in [4.69, 9.17) is 5.73 Å². The molecular weight excluding hydrogens is 148 g/mol. The molecule has 0 amide bonds. The summed E-state index contributed by atoms with van der Waals surface area (Å²) in [6.45, 7) is 4.20. The molecule has 0 heterocycles. The van der Waals surface area contributed by atoms with Gasteiger partial charge in [-0.1, -0.05) is 32.0 Å². The molecule has 0 saturated heterocycles. The Labute approximate surface area is 73.8 Å². The van der Waals surface area contributed by atoms with Crippen LogP contribution in [0.2, 0.25) is 0 Å². The monoisotopic (exact) mass is 164 g/mol. The summed E-state index contributed by atoms with van der Waals surface area (Å²) in [5.74, 6) is 0.449. The minimum absolute atomic E-state index is 0.0346. The van der Waals surface area contributed by atoms with E-state index in [1.165, 1.54) is 0 Å². The van der Waals surface area contributed by atoms with E-state index in [0.717, 1.165) is 5.69 Å². The van der Waals surface area contributed by atoms with Gasteiger partial charge < -0.3 is 11.1 Å². The van der Waals surface area contributed by atoms with E-state index in [2.05, 4.69) is 19.2 Å². The fourth-order valence-corrected chi connectivity index (χ4v) is 0.893. The molecule has 66 valence electrons. The number of hydrogen-bond donors (Lipinski definition) is 2. The van der Waals surface area contributed by atoms with Gasteiger partial charge in [0.1, 0.15) is 0 Å². The molecule has 1 rings (SSSR count). The van der Waals surface area contributed by atoms with Crippen molar-refractivity contribution in [3.05, 3.63) is 30.3 Å². The first-order chi connectivity index (χ1) is 5.70. The lowest BCUT2D eigenvalue weighted by Crippen LogP contribution is -2.34. The van der Waals surface area contributed by atoms with Crippen LogP contribution in [0.15, 0.2) is 30.3 Å². The lowest BCUT2D eigenvalue weighted by Gasteiger charge is -2.18. The third-order valence-electron chi connectivity index (χ3n) is 1.83. The molecule has 12 heavy (non-hydrogen) atoms. The molecule has 2 nitrogen and oxygen atoms in total. The molecule has 0 aliphatic rings. The maximum Gasteiger partial charge on any atom is 0.0766 e. The van der Waals surface area contributed by atoms with Gasteiger partial charge in [-0.2, -0.15) is 0 Å². The lowest BCUT2D eigenvalue weighted by atomic mass is 10.1. The van der Waals surface area contributed by atoms with E-state index in [9.17, 15) is 0 Å². The largest absolute Gasteiger partial charge is 0.370 e. The average molecular weight is 164 g/mol. The molecule has 0 aliphatic carbocycles. The zero-order valence-corrected chi connectivity index (χ0v) is 7.62. The van der Waals surface area contributed by atoms with Crippen molar-refractivity contribution in [1.82, 2.24) is 0 Å². The van der Waals surface area contributed by atoms with Gasteiger partial charge in [0, 0.05) is 5.69 Å². The highest BCUT2D eigenvalue weighted by atomic mass is 15.0. The summed E-state index contributed by atoms with van der Waals surface area (Å²) in [6.07, 6.45) is 0.0346. The van der Waals surface area contributed by atoms with Crippen molar-refractivity contribution in [3.63, 3.8) is 0 Å². The first kappa shape index (κ1) is 9.07. The van der Waals surface area contributed by atoms with Crippen LogP contribution >= 0.6 is 0 Å². The van der Waals surface area contributed by atoms with Gasteiger partial charge in [0.2, 0.25) is 0 Å². The number of rotatable bonds is 3. The van der Waals surface area contributed by atoms with E-state index >= 15 is 0 Å². The van der Waals surface area contributed by atoms with Crippen LogP contribution in [-0.2, 0) is 0 Å². The molecule has 2 heteroatoms. The summed E-state index contributed by atoms with van der Waals surface area (Å²) in [7, 11) is 0. The van der Waals surface area contributed by atoms with Crippen LogP contribution in [0.1, 0.15) is 13.8 Å². The second kappa shape index (κ2) is 4.12. The van der Waals surface area contributed by atoms with Gasteiger partial charge in [0.05, 0.1) is 6.17 Å². The van der Waals surface area contributed by atoms with Gasteiger partial charge in [-0.3, -0.25) is 0 Å². The minimum atomic E-state index is 0.0346. The fraction of sp³-hybridized carbons (Fsp3) is 0.400. The zero-order valence-electron chi connectivity index (χ0n) is 7.62. The van der Waals surface area contributed by atoms with Gasteiger partial charge in [0.15, 0.2) is 0 Å². The van der Waals surface area contributed by atoms with Crippen molar-refractivity contribution in [2.45, 2.75) is 20.0 Å². The van der Waals surface area contributed by atoms with Crippen LogP contribution in [0.25, 0.3) is 0 Å². The maximum atomic E-state index is 5.84. The maximum absolute atomic E-state index is 5.84. The number of hydrogen-bond acceptors (Lipinski definition) is 2. The van der Waals surface area contributed by atoms with E-state index < -0.39 is 0 Å². The molecule has 1 aromatic rings. The smallest absolute Gasteiger partial charge is 0.0766 e. The molecule has 1 unspecified atom stereocenters. The molecular formula is C10H16N2. The number of benzene rings is 1. The standard InChI is InChI=1S/C10H16N2/c1-8(2)10(11)12-9-6-4-3-5-7-9/h3-8,10,12H,11H2,1-2H3. The first-order valence-corrected chi connectivity index (χ1v) is 4.27. The van der Waals surface area contributed by atoms with Crippen molar-refractivity contribution in [1.29, 1.82) is 0 Å². The van der Waals surface area contributed by atoms with Crippen LogP contribution in [0.3, 0.4) is 0 Å². The van der Waals surface area contributed by atoms with E-state index in [1.54, 1.807) is 0 Å². The first-order valence-electron chi connectivity index (χ1n) is 4.27. The van der Waals surface area contributed by atoms with Gasteiger partial charge in [-0.15, -0.1) is 0 Å². The molecule has 0 radical (unpaired) electrons. The van der Waals surface area contributed by atoms with E-state index in [1.807, 2.05) is 30.3 Å². The summed E-state index contributed by atoms with van der Waals surface area (Å²) in [6, 6.07) is 10.0. The van der Waals surface area contributed by atoms with Gasteiger partial charge in [-0.25, -0.2) is 0 Å². The predicted octanol–water partition coefficient (Wildman–Crippen LogP) is 2.04. The highest BCUT2D eigenvalue weighted by Gasteiger charge is 2.05. The number of nitrogens with two attached hydrogens (primary N) is 1. The highest BCUT2D eigenvalue weighted by Crippen LogP contribution is 2.08. The van der Waals surface area contributed by atoms with Crippen LogP contribution in [0, 0.1) is 5.92 Å². The zero-order chi connectivity index (χ0) is 8.97. The van der Waals surface area contributed by atoms with Crippen molar-refractivity contribution in [2.24, 2.45) is 11.7 Å². The SMILES string of the molecule is CC(C)C(N)Nc1ccccc1. The van der Waals surface area contributed by atoms with Gasteiger partial charge in [-0.05, 0) is 18.1 Å². The molecule has 1 aromatic carbocycles. The summed E-state index contributed by atoms with van der Waals surface area (Å²) < 4.78 is 0. The minimum Gasteiger partial charge on any atom is -0.370 e. The van der Waals surface area contributed by atoms with Gasteiger partial charge in [0.25, 0.3) is 0 Å². The Kier molecular flexibility index (Phi) is 3.11. The van der Waals surface area contributed by atoms with E-state index in [0.29, 0.717) is 5.92 Å². The Balaban J connectivity index is 2.53. The van der Waals surface area contributed by atoms with Crippen LogP contribution in [-0.4, -0.2) is 6.17 Å². The molecule has 0 bridgehead atoms. The van der Waals surface area contributed by atoms with Gasteiger partial charge >= 0.3 is 0 Å². The fourth-order valence-electron chi connectivity index (χ4n) is 0.893. The Morgan fingerprint density at radius 2 is 1.75 bits per heavy atom. The van der Waals surface area contributed by atoms with E-state index in [-0.39, 0.29) is 6.17 Å². The summed E-state index contributed by atoms with van der Waals surface area (Å²) in [5.41, 5.74) is 6.92. The van der Waals surface area contributed by atoms with Crippen molar-refractivity contribution in [2.75, 3.05) is 5.32 Å². The average Bonchev–Trinajstić information content (AvgIpc) is 2.06. The molecule has 0 aliphatic heterocycles. The number of para-hydroxylation sites is 1. The van der Waals surface area contributed by atoms with Crippen molar-refractivity contribution in [3.8, 4) is 0 Å². The molecule has 1 atom stereocenters. The quantitative estimate of drug-likeness (QED) is 0.671. The summed E-state index contributed by atoms with van der Waals surface area (Å²) in [4.78, 5) is 0. The van der Waals surface area contributed by atoms with Crippen LogP contribution < -0.4 is 11.1 Å². The highest BCUT2D eigenvalue weighted by molar-refractivity contribution is 5.43. The second-order valence-electron chi connectivity index (χ2n) is 3.28. The molecule has 0 spiro atoms. The Morgan fingerprint density at radius 1 is 1.17 bits per heavy atom. The lowest BCUT2D eigenvalue weighted by molar-refractivity contribution is 0.540. The van der Waals surface area contributed by atoms with Crippen molar-refractivity contribution < 1.29 is 0 Å². The Hall–Kier alpha value is -1.02. The Morgan fingerprint density at radius 3 is 2.25 bits per heavy atom. The number of anilines is 1.